The molecule has 1 amide bonds. The maximum Gasteiger partial charge on any atom is 0.229 e. The summed E-state index contributed by atoms with van der Waals surface area (Å²) < 4.78 is 0. The number of nitrogens with zero attached hydrogens (tertiary/aromatic N) is 3. The Kier molecular flexibility index (Phi) is 5.33. The zero-order valence-electron chi connectivity index (χ0n) is 16.0. The van der Waals surface area contributed by atoms with E-state index in [1.165, 1.54) is 5.56 Å². The summed E-state index contributed by atoms with van der Waals surface area (Å²) in [7, 11) is 0. The summed E-state index contributed by atoms with van der Waals surface area (Å²) in [6.07, 6.45) is 5.55. The van der Waals surface area contributed by atoms with Crippen LogP contribution in [0.15, 0.2) is 67.0 Å². The molecule has 28 heavy (non-hydrogen) atoms. The standard InChI is InChI=1S/C23H24N4O/c1-17-9-11-21(12-10-17)26-22(28)19-8-5-13-27(16-19)23-24-14-20(15-25-23)18-6-3-2-4-7-18/h2-4,6-7,9-12,14-15,19H,5,8,13,16H2,1H3,(H,26,28). The van der Waals surface area contributed by atoms with Gasteiger partial charge in [0.2, 0.25) is 11.9 Å². The fourth-order valence-electron chi connectivity index (χ4n) is 3.52. The van der Waals surface area contributed by atoms with Gasteiger partial charge in [0.05, 0.1) is 5.92 Å². The first-order chi connectivity index (χ1) is 13.7. The molecule has 1 aliphatic rings. The fourth-order valence-corrected chi connectivity index (χ4v) is 3.52. The second kappa shape index (κ2) is 8.21. The molecule has 5 heteroatoms. The van der Waals surface area contributed by atoms with Gasteiger partial charge in [0, 0.05) is 36.7 Å². The van der Waals surface area contributed by atoms with E-state index in [0.29, 0.717) is 12.5 Å². The SMILES string of the molecule is Cc1ccc(NC(=O)C2CCCN(c3ncc(-c4ccccc4)cn3)C2)cc1. The minimum atomic E-state index is -0.0625. The number of amides is 1. The van der Waals surface area contributed by atoms with Gasteiger partial charge in [0.1, 0.15) is 0 Å². The van der Waals surface area contributed by atoms with Crippen molar-refractivity contribution in [2.75, 3.05) is 23.3 Å². The van der Waals surface area contributed by atoms with Gasteiger partial charge >= 0.3 is 0 Å². The number of carbonyl (C=O) groups excluding carboxylic acids is 1. The summed E-state index contributed by atoms with van der Waals surface area (Å²) in [5.41, 5.74) is 4.12. The molecule has 142 valence electrons. The second-order valence-electron chi connectivity index (χ2n) is 7.28. The molecule has 0 saturated carbocycles. The van der Waals surface area contributed by atoms with Crippen molar-refractivity contribution in [3.05, 3.63) is 72.6 Å². The molecule has 1 aliphatic heterocycles. The van der Waals surface area contributed by atoms with Crippen LogP contribution in [0.3, 0.4) is 0 Å². The number of aryl methyl sites for hydroxylation is 1. The molecule has 0 bridgehead atoms. The first-order valence-electron chi connectivity index (χ1n) is 9.69. The normalized spacial score (nSPS) is 16.6. The smallest absolute Gasteiger partial charge is 0.229 e. The van der Waals surface area contributed by atoms with Crippen LogP contribution in [0, 0.1) is 12.8 Å². The zero-order valence-corrected chi connectivity index (χ0v) is 16.0. The quantitative estimate of drug-likeness (QED) is 0.741. The van der Waals surface area contributed by atoms with Gasteiger partial charge in [-0.25, -0.2) is 9.97 Å². The molecular formula is C23H24N4O. The summed E-state index contributed by atoms with van der Waals surface area (Å²) in [5, 5.41) is 3.04. The van der Waals surface area contributed by atoms with Crippen molar-refractivity contribution in [3.8, 4) is 11.1 Å². The molecule has 0 radical (unpaired) electrons. The minimum absolute atomic E-state index is 0.0625. The average Bonchev–Trinajstić information content (AvgIpc) is 2.76. The van der Waals surface area contributed by atoms with E-state index in [1.807, 2.05) is 73.9 Å². The molecule has 0 spiro atoms. The highest BCUT2D eigenvalue weighted by Crippen LogP contribution is 2.23. The van der Waals surface area contributed by atoms with Crippen molar-refractivity contribution in [2.24, 2.45) is 5.92 Å². The van der Waals surface area contributed by atoms with Crippen molar-refractivity contribution in [3.63, 3.8) is 0 Å². The lowest BCUT2D eigenvalue weighted by molar-refractivity contribution is -0.120. The first kappa shape index (κ1) is 18.2. The van der Waals surface area contributed by atoms with Crippen molar-refractivity contribution in [1.82, 2.24) is 9.97 Å². The van der Waals surface area contributed by atoms with Crippen LogP contribution in [0.5, 0.6) is 0 Å². The van der Waals surface area contributed by atoms with Crippen LogP contribution in [0.4, 0.5) is 11.6 Å². The Morgan fingerprint density at radius 3 is 2.43 bits per heavy atom. The molecule has 5 nitrogen and oxygen atoms in total. The number of nitrogens with one attached hydrogen (secondary N) is 1. The van der Waals surface area contributed by atoms with Crippen LogP contribution in [0.1, 0.15) is 18.4 Å². The predicted molar refractivity (Wildman–Crippen MR) is 112 cm³/mol. The highest BCUT2D eigenvalue weighted by Gasteiger charge is 2.27. The van der Waals surface area contributed by atoms with E-state index in [9.17, 15) is 4.79 Å². The monoisotopic (exact) mass is 372 g/mol. The highest BCUT2D eigenvalue weighted by atomic mass is 16.1. The molecule has 1 aromatic heterocycles. The minimum Gasteiger partial charge on any atom is -0.340 e. The van der Waals surface area contributed by atoms with Crippen LogP contribution in [0.2, 0.25) is 0 Å². The molecule has 2 aromatic carbocycles. The number of piperidine rings is 1. The van der Waals surface area contributed by atoms with E-state index < -0.39 is 0 Å². The third kappa shape index (κ3) is 4.19. The summed E-state index contributed by atoms with van der Waals surface area (Å²) in [4.78, 5) is 23.9. The number of anilines is 2. The summed E-state index contributed by atoms with van der Waals surface area (Å²) >= 11 is 0. The molecule has 1 unspecified atom stereocenters. The Labute approximate surface area is 165 Å². The van der Waals surface area contributed by atoms with E-state index in [1.54, 1.807) is 0 Å². The van der Waals surface area contributed by atoms with Crippen molar-refractivity contribution < 1.29 is 4.79 Å². The van der Waals surface area contributed by atoms with Crippen LogP contribution < -0.4 is 10.2 Å². The van der Waals surface area contributed by atoms with Gasteiger partial charge in [-0.15, -0.1) is 0 Å². The largest absolute Gasteiger partial charge is 0.340 e. The van der Waals surface area contributed by atoms with E-state index >= 15 is 0 Å². The van der Waals surface area contributed by atoms with Gasteiger partial charge in [0.25, 0.3) is 0 Å². The van der Waals surface area contributed by atoms with Crippen LogP contribution in [-0.4, -0.2) is 29.0 Å². The number of benzene rings is 2. The molecule has 4 rings (SSSR count). The molecule has 1 N–H and O–H groups in total. The maximum atomic E-state index is 12.7. The van der Waals surface area contributed by atoms with Gasteiger partial charge in [-0.1, -0.05) is 48.0 Å². The Morgan fingerprint density at radius 1 is 1.00 bits per heavy atom. The lowest BCUT2D eigenvalue weighted by Crippen LogP contribution is -2.41. The van der Waals surface area contributed by atoms with Crippen LogP contribution in [0.25, 0.3) is 11.1 Å². The number of carbonyl (C=O) groups is 1. The lowest BCUT2D eigenvalue weighted by Gasteiger charge is -2.32. The zero-order chi connectivity index (χ0) is 19.3. The average molecular weight is 372 g/mol. The van der Waals surface area contributed by atoms with E-state index in [4.69, 9.17) is 0 Å². The topological polar surface area (TPSA) is 58.1 Å². The summed E-state index contributed by atoms with van der Waals surface area (Å²) in [6, 6.07) is 18.0. The van der Waals surface area contributed by atoms with Gasteiger partial charge in [0.15, 0.2) is 0 Å². The van der Waals surface area contributed by atoms with E-state index in [0.717, 1.165) is 36.2 Å². The second-order valence-corrected chi connectivity index (χ2v) is 7.28. The number of hydrogen-bond donors (Lipinski definition) is 1. The number of aromatic nitrogens is 2. The van der Waals surface area contributed by atoms with E-state index in [2.05, 4.69) is 20.2 Å². The fraction of sp³-hybridized carbons (Fsp3) is 0.261. The van der Waals surface area contributed by atoms with Crippen LogP contribution >= 0.6 is 0 Å². The maximum absolute atomic E-state index is 12.7. The Bertz CT molecular complexity index is 923. The van der Waals surface area contributed by atoms with Gasteiger partial charge < -0.3 is 10.2 Å². The predicted octanol–water partition coefficient (Wildman–Crippen LogP) is 4.31. The summed E-state index contributed by atoms with van der Waals surface area (Å²) in [6.45, 7) is 3.55. The summed E-state index contributed by atoms with van der Waals surface area (Å²) in [5.74, 6) is 0.689. The first-order valence-corrected chi connectivity index (χ1v) is 9.69. The Morgan fingerprint density at radius 2 is 1.71 bits per heavy atom. The van der Waals surface area contributed by atoms with Gasteiger partial charge in [-0.05, 0) is 37.5 Å². The third-order valence-corrected chi connectivity index (χ3v) is 5.14. The van der Waals surface area contributed by atoms with Crippen molar-refractivity contribution >= 4 is 17.5 Å². The number of hydrogen-bond acceptors (Lipinski definition) is 4. The lowest BCUT2D eigenvalue weighted by atomic mass is 9.97. The van der Waals surface area contributed by atoms with Crippen molar-refractivity contribution in [2.45, 2.75) is 19.8 Å². The van der Waals surface area contributed by atoms with Crippen molar-refractivity contribution in [1.29, 1.82) is 0 Å². The van der Waals surface area contributed by atoms with Gasteiger partial charge in [-0.2, -0.15) is 0 Å². The molecular weight excluding hydrogens is 348 g/mol. The molecule has 2 heterocycles. The molecule has 1 atom stereocenters. The molecule has 1 saturated heterocycles. The Balaban J connectivity index is 1.42. The van der Waals surface area contributed by atoms with Crippen LogP contribution in [-0.2, 0) is 4.79 Å². The molecule has 3 aromatic rings. The van der Waals surface area contributed by atoms with Gasteiger partial charge in [-0.3, -0.25) is 4.79 Å². The highest BCUT2D eigenvalue weighted by molar-refractivity contribution is 5.93. The van der Waals surface area contributed by atoms with E-state index in [-0.39, 0.29) is 11.8 Å². The molecule has 0 aliphatic carbocycles. The number of rotatable bonds is 4. The molecule has 1 fully saturated rings. The Hall–Kier alpha value is -3.21. The third-order valence-electron chi connectivity index (χ3n) is 5.14.